The third-order valence-electron chi connectivity index (χ3n) is 12.9. The number of hydrogen-bond donors (Lipinski definition) is 4. The van der Waals surface area contributed by atoms with E-state index >= 15 is 4.39 Å². The number of carbonyl (C=O) groups excluding carboxylic acids is 3. The summed E-state index contributed by atoms with van der Waals surface area (Å²) >= 11 is 3.67. The molecule has 2 aromatic heterocycles. The Bertz CT molecular complexity index is 2830. The predicted octanol–water partition coefficient (Wildman–Crippen LogP) is 7.54. The molecule has 348 valence electrons. The molecule has 4 N–H and O–H groups in total. The van der Waals surface area contributed by atoms with Gasteiger partial charge in [0, 0.05) is 91.6 Å². The molecule has 3 aliphatic heterocycles. The van der Waals surface area contributed by atoms with Gasteiger partial charge in [-0.2, -0.15) is 10.1 Å². The van der Waals surface area contributed by atoms with Crippen molar-refractivity contribution >= 4 is 92.2 Å². The van der Waals surface area contributed by atoms with E-state index < -0.39 is 19.9 Å². The molecule has 5 heterocycles. The number of nitrogens with zero attached hydrogens (tertiary/aromatic N) is 7. The van der Waals surface area contributed by atoms with Crippen LogP contribution in [0.2, 0.25) is 0 Å². The summed E-state index contributed by atoms with van der Waals surface area (Å²) in [6.07, 6.45) is 7.65. The van der Waals surface area contributed by atoms with Crippen LogP contribution in [-0.2, 0) is 21.4 Å². The number of piperidine rings is 2. The topological polar surface area (TPSA) is 162 Å². The van der Waals surface area contributed by atoms with E-state index in [0.717, 1.165) is 39.8 Å². The Kier molecular flexibility index (Phi) is 13.7. The van der Waals surface area contributed by atoms with Crippen LogP contribution in [0.3, 0.4) is 0 Å². The molecule has 9 rings (SSSR count). The number of nitrogens with one attached hydrogen (secondary N) is 4. The molecule has 15 nitrogen and oxygen atoms in total. The van der Waals surface area contributed by atoms with E-state index in [1.54, 1.807) is 30.1 Å². The van der Waals surface area contributed by atoms with E-state index in [1.165, 1.54) is 22.1 Å². The maximum atomic E-state index is 15.4. The Hall–Kier alpha value is -6.16. The standard InChI is InChI=1S/C49H54BrFN11O4P/c1-59-28-32(26-53-59)36-24-41(56-49-52-27-37(50)47(58-49)55-39-12-9-30-7-5-6-8-35(30)46(39)67(3)4)43(66-2)25-42(36)61-19-21-62(22-20-61)45(64)29-60-17-15-31(16-18-60)34-11-10-33(23-38(34)51)54-40-13-14-44(63)57-48(40)65/h5-12,23-28,31,40,54H,13-22,29H2,1-4H3,(H,57,63,65)(H2,52,55,56,58). The second-order valence-corrected chi connectivity index (χ2v) is 20.6. The van der Waals surface area contributed by atoms with Gasteiger partial charge in [0.05, 0.1) is 30.0 Å². The van der Waals surface area contributed by atoms with Crippen molar-refractivity contribution in [1.29, 1.82) is 0 Å². The molecule has 0 saturated carbocycles. The van der Waals surface area contributed by atoms with Crippen molar-refractivity contribution in [2.75, 3.05) is 87.1 Å². The van der Waals surface area contributed by atoms with Gasteiger partial charge in [0.15, 0.2) is 0 Å². The van der Waals surface area contributed by atoms with Crippen LogP contribution >= 0.6 is 23.9 Å². The van der Waals surface area contributed by atoms with Gasteiger partial charge in [0.25, 0.3) is 0 Å². The molecule has 0 radical (unpaired) electrons. The van der Waals surface area contributed by atoms with Crippen LogP contribution in [0.4, 0.5) is 38.9 Å². The number of hydrogen-bond acceptors (Lipinski definition) is 12. The second kappa shape index (κ2) is 20.0. The molecular weight excluding hydrogens is 936 g/mol. The van der Waals surface area contributed by atoms with E-state index in [-0.39, 0.29) is 30.0 Å². The maximum Gasteiger partial charge on any atom is 0.249 e. The average molecular weight is 991 g/mol. The zero-order chi connectivity index (χ0) is 46.8. The molecule has 3 saturated heterocycles. The minimum absolute atomic E-state index is 0.0312. The van der Waals surface area contributed by atoms with E-state index in [1.807, 2.05) is 36.5 Å². The summed E-state index contributed by atoms with van der Waals surface area (Å²) in [6.45, 7) is 8.59. The number of imide groups is 1. The number of aromatic nitrogens is 4. The highest BCUT2D eigenvalue weighted by Crippen LogP contribution is 2.42. The molecule has 18 heteroatoms. The number of piperazine rings is 1. The van der Waals surface area contributed by atoms with Crippen molar-refractivity contribution in [1.82, 2.24) is 34.9 Å². The van der Waals surface area contributed by atoms with E-state index in [9.17, 15) is 14.4 Å². The van der Waals surface area contributed by atoms with Gasteiger partial charge in [0.1, 0.15) is 23.4 Å². The second-order valence-electron chi connectivity index (χ2n) is 17.5. The van der Waals surface area contributed by atoms with Crippen molar-refractivity contribution < 1.29 is 23.5 Å². The first kappa shape index (κ1) is 46.0. The van der Waals surface area contributed by atoms with Crippen LogP contribution in [0.1, 0.15) is 37.2 Å². The highest BCUT2D eigenvalue weighted by atomic mass is 79.9. The number of fused-ring (bicyclic) bond motifs is 1. The quantitative estimate of drug-likeness (QED) is 0.0666. The van der Waals surface area contributed by atoms with Crippen LogP contribution in [0.25, 0.3) is 21.9 Å². The molecule has 6 aromatic rings. The van der Waals surface area contributed by atoms with E-state index in [0.29, 0.717) is 86.7 Å². The number of aryl methyl sites for hydroxylation is 1. The first-order valence-electron chi connectivity index (χ1n) is 22.5. The van der Waals surface area contributed by atoms with Gasteiger partial charge in [-0.15, -0.1) is 0 Å². The first-order chi connectivity index (χ1) is 32.4. The van der Waals surface area contributed by atoms with Gasteiger partial charge >= 0.3 is 0 Å². The predicted molar refractivity (Wildman–Crippen MR) is 267 cm³/mol. The molecule has 0 bridgehead atoms. The van der Waals surface area contributed by atoms with Gasteiger partial charge in [-0.1, -0.05) is 44.3 Å². The number of amides is 3. The zero-order valence-electron chi connectivity index (χ0n) is 38.0. The highest BCUT2D eigenvalue weighted by Gasteiger charge is 2.30. The number of ether oxygens (including phenoxy) is 1. The normalized spacial score (nSPS) is 17.2. The minimum atomic E-state index is -0.576. The SMILES string of the molecule is COc1cc(N2CCN(C(=O)CN3CCC(c4ccc(NC5CCC(=O)NC5=O)cc4F)CC3)CC2)c(-c2cnn(C)c2)cc1Nc1ncc(Br)c(Nc2ccc3ccccc3c2P(C)C)n1. The summed E-state index contributed by atoms with van der Waals surface area (Å²) in [7, 11) is 3.10. The monoisotopic (exact) mass is 989 g/mol. The van der Waals surface area contributed by atoms with Gasteiger partial charge in [-0.25, -0.2) is 9.37 Å². The number of rotatable bonds is 13. The van der Waals surface area contributed by atoms with Gasteiger partial charge in [-0.3, -0.25) is 29.3 Å². The number of carbonyl (C=O) groups is 3. The third kappa shape index (κ3) is 10.2. The number of benzene rings is 4. The molecule has 3 amide bonds. The smallest absolute Gasteiger partial charge is 0.249 e. The molecule has 0 spiro atoms. The summed E-state index contributed by atoms with van der Waals surface area (Å²) in [5.41, 5.74) is 5.69. The van der Waals surface area contributed by atoms with Crippen molar-refractivity contribution in [3.05, 3.63) is 101 Å². The molecule has 1 unspecified atom stereocenters. The maximum absolute atomic E-state index is 15.4. The van der Waals surface area contributed by atoms with Gasteiger partial charge in [-0.05, 0) is 108 Å². The Morgan fingerprint density at radius 3 is 2.45 bits per heavy atom. The Labute approximate surface area is 398 Å². The summed E-state index contributed by atoms with van der Waals surface area (Å²) in [4.78, 5) is 53.3. The lowest BCUT2D eigenvalue weighted by Crippen LogP contribution is -2.52. The lowest BCUT2D eigenvalue weighted by molar-refractivity contribution is -0.134. The summed E-state index contributed by atoms with van der Waals surface area (Å²) in [6, 6.07) is 21.2. The van der Waals surface area contributed by atoms with Gasteiger partial charge < -0.3 is 30.5 Å². The van der Waals surface area contributed by atoms with Crippen LogP contribution < -0.4 is 36.2 Å². The van der Waals surface area contributed by atoms with Crippen molar-refractivity contribution in [3.63, 3.8) is 0 Å². The first-order valence-corrected chi connectivity index (χ1v) is 25.5. The fraction of sp³-hybridized carbons (Fsp3) is 0.347. The largest absolute Gasteiger partial charge is 0.494 e. The van der Waals surface area contributed by atoms with Crippen molar-refractivity contribution in [3.8, 4) is 16.9 Å². The molecule has 3 aliphatic rings. The third-order valence-corrected chi connectivity index (χ3v) is 14.8. The number of halogens is 2. The summed E-state index contributed by atoms with van der Waals surface area (Å²) in [5, 5.41) is 20.6. The molecule has 4 aromatic carbocycles. The van der Waals surface area contributed by atoms with Crippen LogP contribution in [0, 0.1) is 5.82 Å². The Balaban J connectivity index is 0.842. The van der Waals surface area contributed by atoms with Crippen LogP contribution in [0.5, 0.6) is 5.75 Å². The zero-order valence-corrected chi connectivity index (χ0v) is 40.5. The molecule has 0 aliphatic carbocycles. The number of likely N-dealkylation sites (tertiary alicyclic amines) is 1. The highest BCUT2D eigenvalue weighted by molar-refractivity contribution is 9.10. The van der Waals surface area contributed by atoms with Crippen molar-refractivity contribution in [2.24, 2.45) is 7.05 Å². The number of anilines is 6. The number of methoxy groups -OCH3 is 1. The molecule has 3 fully saturated rings. The molecule has 1 atom stereocenters. The Morgan fingerprint density at radius 2 is 1.73 bits per heavy atom. The lowest BCUT2D eigenvalue weighted by Gasteiger charge is -2.39. The van der Waals surface area contributed by atoms with Gasteiger partial charge in [0.2, 0.25) is 23.7 Å². The van der Waals surface area contributed by atoms with E-state index in [4.69, 9.17) is 9.72 Å². The average Bonchev–Trinajstić information content (AvgIpc) is 3.77. The fourth-order valence-electron chi connectivity index (χ4n) is 9.36. The molecule has 67 heavy (non-hydrogen) atoms. The van der Waals surface area contributed by atoms with E-state index in [2.05, 4.69) is 107 Å². The van der Waals surface area contributed by atoms with Crippen LogP contribution in [0.15, 0.2) is 89.8 Å². The van der Waals surface area contributed by atoms with Crippen molar-refractivity contribution in [2.45, 2.75) is 37.6 Å². The fourth-order valence-corrected chi connectivity index (χ4v) is 10.9. The Morgan fingerprint density at radius 1 is 0.940 bits per heavy atom. The lowest BCUT2D eigenvalue weighted by atomic mass is 9.89. The summed E-state index contributed by atoms with van der Waals surface area (Å²) in [5.74, 6) is 0.751. The minimum Gasteiger partial charge on any atom is -0.494 e. The molecular formula is C49H54BrFN11O4P. The summed E-state index contributed by atoms with van der Waals surface area (Å²) < 4.78 is 23.9. The van der Waals surface area contributed by atoms with Crippen LogP contribution in [-0.4, -0.2) is 120 Å².